The molecule has 25 heavy (non-hydrogen) atoms. The van der Waals surface area contributed by atoms with Crippen LogP contribution >= 0.6 is 0 Å². The topological polar surface area (TPSA) is 90.4 Å². The highest BCUT2D eigenvalue weighted by atomic mass is 16.6. The van der Waals surface area contributed by atoms with Gasteiger partial charge in [0.1, 0.15) is 16.9 Å². The molecule has 1 aromatic carbocycles. The summed E-state index contributed by atoms with van der Waals surface area (Å²) in [6.45, 7) is 1.59. The van der Waals surface area contributed by atoms with E-state index in [1.165, 1.54) is 0 Å². The zero-order valence-corrected chi connectivity index (χ0v) is 13.4. The molecule has 5 rings (SSSR count). The quantitative estimate of drug-likeness (QED) is 0.615. The Labute approximate surface area is 142 Å². The van der Waals surface area contributed by atoms with Crippen molar-refractivity contribution in [2.45, 2.75) is 18.9 Å². The van der Waals surface area contributed by atoms with Gasteiger partial charge in [0.2, 0.25) is 0 Å². The molecule has 0 unspecified atom stereocenters. The van der Waals surface area contributed by atoms with Gasteiger partial charge in [-0.2, -0.15) is 0 Å². The number of aromatic nitrogens is 5. The molecule has 1 fully saturated rings. The molecule has 0 radical (unpaired) electrons. The van der Waals surface area contributed by atoms with Crippen molar-refractivity contribution >= 4 is 22.5 Å². The molecule has 0 spiro atoms. The van der Waals surface area contributed by atoms with Crippen LogP contribution in [0.4, 0.5) is 5.82 Å². The van der Waals surface area contributed by atoms with Crippen molar-refractivity contribution in [1.29, 1.82) is 0 Å². The number of nitrogens with zero attached hydrogens (tertiary/aromatic N) is 5. The molecule has 1 N–H and O–H groups in total. The Bertz CT molecular complexity index is 1030. The van der Waals surface area contributed by atoms with E-state index in [9.17, 15) is 0 Å². The van der Waals surface area contributed by atoms with Crippen LogP contribution in [0.5, 0.6) is 0 Å². The van der Waals surface area contributed by atoms with Crippen molar-refractivity contribution in [3.8, 4) is 11.3 Å². The molecule has 8 heteroatoms. The molecule has 4 heterocycles. The van der Waals surface area contributed by atoms with E-state index in [-0.39, 0.29) is 0 Å². The average molecular weight is 336 g/mol. The van der Waals surface area contributed by atoms with Gasteiger partial charge in [-0.05, 0) is 47.4 Å². The van der Waals surface area contributed by atoms with Gasteiger partial charge in [0.15, 0.2) is 5.65 Å². The number of hydrogen-bond acceptors (Lipinski definition) is 7. The maximum Gasteiger partial charge on any atom is 0.154 e. The maximum absolute atomic E-state index is 5.41. The summed E-state index contributed by atoms with van der Waals surface area (Å²) in [7, 11) is 0. The molecular formula is C17H16N6O2. The first-order valence-corrected chi connectivity index (χ1v) is 8.28. The van der Waals surface area contributed by atoms with Gasteiger partial charge in [0.05, 0.1) is 11.9 Å². The van der Waals surface area contributed by atoms with Gasteiger partial charge in [-0.25, -0.2) is 14.1 Å². The van der Waals surface area contributed by atoms with Crippen molar-refractivity contribution in [2.75, 3.05) is 18.5 Å². The molecule has 126 valence electrons. The fraction of sp³-hybridized carbons (Fsp3) is 0.294. The first-order chi connectivity index (χ1) is 12.4. The van der Waals surface area contributed by atoms with Crippen LogP contribution in [-0.2, 0) is 4.74 Å². The highest BCUT2D eigenvalue weighted by Crippen LogP contribution is 2.24. The van der Waals surface area contributed by atoms with Crippen molar-refractivity contribution in [3.63, 3.8) is 0 Å². The summed E-state index contributed by atoms with van der Waals surface area (Å²) in [4.78, 5) is 4.44. The minimum absolute atomic E-state index is 0.392. The van der Waals surface area contributed by atoms with E-state index in [4.69, 9.17) is 14.5 Å². The van der Waals surface area contributed by atoms with Crippen molar-refractivity contribution < 1.29 is 9.37 Å². The standard InChI is InChI=1S/C17H16N6O2/c1-2-13-14(22-25-21-13)9-11(1)15-10-18-17-4-3-16(20-23(15)17)19-12-5-7-24-8-6-12/h1-4,9-10,12H,5-8H2,(H,19,20). The largest absolute Gasteiger partial charge is 0.381 e. The number of anilines is 1. The molecule has 0 amide bonds. The first kappa shape index (κ1) is 14.4. The smallest absolute Gasteiger partial charge is 0.154 e. The van der Waals surface area contributed by atoms with Crippen LogP contribution in [0, 0.1) is 0 Å². The SMILES string of the molecule is c1cc2nonc2cc1-c1cnc2ccc(NC3CCOCC3)nn12. The van der Waals surface area contributed by atoms with Gasteiger partial charge in [-0.3, -0.25) is 0 Å². The molecule has 1 aliphatic rings. The third-order valence-corrected chi connectivity index (χ3v) is 4.49. The molecular weight excluding hydrogens is 320 g/mol. The van der Waals surface area contributed by atoms with E-state index in [1.54, 1.807) is 0 Å². The lowest BCUT2D eigenvalue weighted by atomic mass is 10.1. The second-order valence-corrected chi connectivity index (χ2v) is 6.13. The second-order valence-electron chi connectivity index (χ2n) is 6.13. The third-order valence-electron chi connectivity index (χ3n) is 4.49. The molecule has 3 aromatic heterocycles. The second kappa shape index (κ2) is 5.82. The van der Waals surface area contributed by atoms with Crippen LogP contribution in [0.3, 0.4) is 0 Å². The fourth-order valence-electron chi connectivity index (χ4n) is 3.14. The Hall–Kier alpha value is -3.00. The summed E-state index contributed by atoms with van der Waals surface area (Å²) < 4.78 is 12.0. The van der Waals surface area contributed by atoms with Crippen LogP contribution in [0.2, 0.25) is 0 Å². The van der Waals surface area contributed by atoms with Gasteiger partial charge >= 0.3 is 0 Å². The van der Waals surface area contributed by atoms with Crippen LogP contribution < -0.4 is 5.32 Å². The van der Waals surface area contributed by atoms with Crippen LogP contribution in [-0.4, -0.2) is 44.2 Å². The highest BCUT2D eigenvalue weighted by molar-refractivity contribution is 5.80. The zero-order valence-electron chi connectivity index (χ0n) is 13.4. The summed E-state index contributed by atoms with van der Waals surface area (Å²) in [5, 5.41) is 15.9. The van der Waals surface area contributed by atoms with Gasteiger partial charge in [-0.15, -0.1) is 5.10 Å². The Balaban J connectivity index is 1.53. The average Bonchev–Trinajstić information content (AvgIpc) is 3.28. The summed E-state index contributed by atoms with van der Waals surface area (Å²) in [5.41, 5.74) is 4.10. The highest BCUT2D eigenvalue weighted by Gasteiger charge is 2.15. The summed E-state index contributed by atoms with van der Waals surface area (Å²) in [5.74, 6) is 0.836. The molecule has 0 aliphatic carbocycles. The number of ether oxygens (including phenoxy) is 1. The molecule has 1 aliphatic heterocycles. The van der Waals surface area contributed by atoms with E-state index < -0.39 is 0 Å². The van der Waals surface area contributed by atoms with E-state index >= 15 is 0 Å². The first-order valence-electron chi connectivity index (χ1n) is 8.28. The molecule has 1 saturated heterocycles. The third kappa shape index (κ3) is 2.60. The van der Waals surface area contributed by atoms with Crippen LogP contribution in [0.15, 0.2) is 41.2 Å². The molecule has 0 atom stereocenters. The van der Waals surface area contributed by atoms with E-state index in [0.717, 1.165) is 54.3 Å². The molecule has 0 saturated carbocycles. The van der Waals surface area contributed by atoms with E-state index in [0.29, 0.717) is 11.6 Å². The molecule has 8 nitrogen and oxygen atoms in total. The van der Waals surface area contributed by atoms with Gasteiger partial charge in [0, 0.05) is 24.8 Å². The zero-order chi connectivity index (χ0) is 16.6. The normalized spacial score (nSPS) is 15.8. The summed E-state index contributed by atoms with van der Waals surface area (Å²) in [6, 6.07) is 10.1. The maximum atomic E-state index is 5.41. The minimum Gasteiger partial charge on any atom is -0.381 e. The summed E-state index contributed by atoms with van der Waals surface area (Å²) >= 11 is 0. The molecule has 4 aromatic rings. The fourth-order valence-corrected chi connectivity index (χ4v) is 3.14. The molecule has 0 bridgehead atoms. The van der Waals surface area contributed by atoms with Crippen molar-refractivity contribution in [3.05, 3.63) is 36.5 Å². The lowest BCUT2D eigenvalue weighted by Gasteiger charge is -2.23. The minimum atomic E-state index is 0.392. The van der Waals surface area contributed by atoms with E-state index in [2.05, 4.69) is 20.6 Å². The Morgan fingerprint density at radius 3 is 2.84 bits per heavy atom. The van der Waals surface area contributed by atoms with Gasteiger partial charge < -0.3 is 10.1 Å². The number of nitrogens with one attached hydrogen (secondary N) is 1. The predicted molar refractivity (Wildman–Crippen MR) is 91.2 cm³/mol. The summed E-state index contributed by atoms with van der Waals surface area (Å²) in [6.07, 6.45) is 3.80. The lowest BCUT2D eigenvalue weighted by Crippen LogP contribution is -2.28. The van der Waals surface area contributed by atoms with Crippen LogP contribution in [0.25, 0.3) is 27.9 Å². The number of fused-ring (bicyclic) bond motifs is 2. The monoisotopic (exact) mass is 336 g/mol. The Morgan fingerprint density at radius 2 is 1.92 bits per heavy atom. The number of hydrogen-bond donors (Lipinski definition) is 1. The van der Waals surface area contributed by atoms with Gasteiger partial charge in [-0.1, -0.05) is 6.07 Å². The van der Waals surface area contributed by atoms with Crippen molar-refractivity contribution in [1.82, 2.24) is 24.9 Å². The number of benzene rings is 1. The Kier molecular flexibility index (Phi) is 3.34. The van der Waals surface area contributed by atoms with Crippen molar-refractivity contribution in [2.24, 2.45) is 0 Å². The number of rotatable bonds is 3. The number of imidazole rings is 1. The van der Waals surface area contributed by atoms with Crippen LogP contribution in [0.1, 0.15) is 12.8 Å². The predicted octanol–water partition coefficient (Wildman–Crippen LogP) is 2.52. The Morgan fingerprint density at radius 1 is 1.04 bits per heavy atom. The van der Waals surface area contributed by atoms with E-state index in [1.807, 2.05) is 41.0 Å². The van der Waals surface area contributed by atoms with Gasteiger partial charge in [0.25, 0.3) is 0 Å². The lowest BCUT2D eigenvalue weighted by molar-refractivity contribution is 0.0903.